The average Bonchev–Trinajstić information content (AvgIpc) is 3.00. The van der Waals surface area contributed by atoms with E-state index in [1.807, 2.05) is 7.05 Å². The molecule has 5 heteroatoms. The van der Waals surface area contributed by atoms with E-state index in [1.54, 1.807) is 0 Å². The Kier molecular flexibility index (Phi) is 9.55. The zero-order chi connectivity index (χ0) is 15.8. The lowest BCUT2D eigenvalue weighted by atomic mass is 10.1. The smallest absolute Gasteiger partial charge is 0.191 e. The lowest BCUT2D eigenvalue weighted by Gasteiger charge is -2.24. The second-order valence-electron chi connectivity index (χ2n) is 6.04. The predicted molar refractivity (Wildman–Crippen MR) is 110 cm³/mol. The van der Waals surface area contributed by atoms with Crippen molar-refractivity contribution in [3.8, 4) is 0 Å². The fourth-order valence-corrected chi connectivity index (χ4v) is 3.06. The molecule has 0 bridgehead atoms. The molecular formula is C18H31IN4. The molecule has 0 radical (unpaired) electrons. The average molecular weight is 430 g/mol. The first kappa shape index (κ1) is 20.2. The number of benzene rings is 1. The third kappa shape index (κ3) is 6.67. The Morgan fingerprint density at radius 1 is 1.26 bits per heavy atom. The molecule has 1 aliphatic heterocycles. The van der Waals surface area contributed by atoms with Crippen LogP contribution < -0.4 is 10.6 Å². The molecule has 1 aliphatic rings. The number of hydrogen-bond donors (Lipinski definition) is 2. The molecule has 0 amide bonds. The van der Waals surface area contributed by atoms with Crippen molar-refractivity contribution in [1.82, 2.24) is 15.5 Å². The Labute approximate surface area is 158 Å². The van der Waals surface area contributed by atoms with Gasteiger partial charge in [0, 0.05) is 26.2 Å². The molecule has 1 fully saturated rings. The summed E-state index contributed by atoms with van der Waals surface area (Å²) in [5.41, 5.74) is 2.67. The summed E-state index contributed by atoms with van der Waals surface area (Å²) in [6, 6.07) is 9.39. The minimum atomic E-state index is 0. The maximum atomic E-state index is 4.32. The Hall–Kier alpha value is -0.820. The van der Waals surface area contributed by atoms with Gasteiger partial charge in [-0.05, 0) is 44.8 Å². The number of likely N-dealkylation sites (N-methyl/N-ethyl adjacent to an activating group) is 1. The van der Waals surface area contributed by atoms with Crippen LogP contribution in [0.2, 0.25) is 0 Å². The van der Waals surface area contributed by atoms with Crippen LogP contribution in [-0.4, -0.2) is 50.1 Å². The third-order valence-electron chi connectivity index (χ3n) is 4.46. The van der Waals surface area contributed by atoms with Crippen LogP contribution in [0.4, 0.5) is 0 Å². The molecule has 0 saturated carbocycles. The van der Waals surface area contributed by atoms with Gasteiger partial charge in [-0.25, -0.2) is 0 Å². The molecule has 1 unspecified atom stereocenters. The van der Waals surface area contributed by atoms with E-state index in [2.05, 4.69) is 58.6 Å². The molecule has 0 aromatic heterocycles. The van der Waals surface area contributed by atoms with Gasteiger partial charge >= 0.3 is 0 Å². The summed E-state index contributed by atoms with van der Waals surface area (Å²) in [6.45, 7) is 8.64. The number of nitrogens with one attached hydrogen (secondary N) is 2. The van der Waals surface area contributed by atoms with Crippen molar-refractivity contribution in [1.29, 1.82) is 0 Å². The zero-order valence-electron chi connectivity index (χ0n) is 14.6. The molecule has 0 aliphatic carbocycles. The summed E-state index contributed by atoms with van der Waals surface area (Å²) < 4.78 is 0. The number of aryl methyl sites for hydroxylation is 1. The Morgan fingerprint density at radius 2 is 2.00 bits per heavy atom. The number of nitrogens with zero attached hydrogens (tertiary/aromatic N) is 2. The first-order valence-electron chi connectivity index (χ1n) is 8.47. The summed E-state index contributed by atoms with van der Waals surface area (Å²) >= 11 is 0. The van der Waals surface area contributed by atoms with Crippen LogP contribution in [0.15, 0.2) is 29.3 Å². The molecule has 4 nitrogen and oxygen atoms in total. The quantitative estimate of drug-likeness (QED) is 0.414. The number of guanidine groups is 1. The molecule has 130 valence electrons. The van der Waals surface area contributed by atoms with Crippen molar-refractivity contribution < 1.29 is 0 Å². The van der Waals surface area contributed by atoms with E-state index in [0.29, 0.717) is 6.04 Å². The highest BCUT2D eigenvalue weighted by molar-refractivity contribution is 14.0. The molecule has 1 atom stereocenters. The maximum absolute atomic E-state index is 4.32. The van der Waals surface area contributed by atoms with E-state index in [-0.39, 0.29) is 24.0 Å². The van der Waals surface area contributed by atoms with Gasteiger partial charge in [0.2, 0.25) is 0 Å². The molecule has 2 N–H and O–H groups in total. The summed E-state index contributed by atoms with van der Waals surface area (Å²) in [7, 11) is 1.84. The number of halogens is 1. The molecule has 1 saturated heterocycles. The Bertz CT molecular complexity index is 472. The highest BCUT2D eigenvalue weighted by Gasteiger charge is 2.22. The highest BCUT2D eigenvalue weighted by atomic mass is 127. The van der Waals surface area contributed by atoms with E-state index in [1.165, 1.54) is 30.5 Å². The van der Waals surface area contributed by atoms with E-state index >= 15 is 0 Å². The first-order valence-corrected chi connectivity index (χ1v) is 8.47. The zero-order valence-corrected chi connectivity index (χ0v) is 17.0. The molecule has 0 spiro atoms. The minimum absolute atomic E-state index is 0. The maximum Gasteiger partial charge on any atom is 0.191 e. The predicted octanol–water partition coefficient (Wildman–Crippen LogP) is 2.80. The standard InChI is InChI=1S/C18H30N4.HI/c1-4-22-13-5-6-17(22)14-21-18(19-3)20-12-11-16-9-7-15(2)8-10-16;/h7-10,17H,4-6,11-14H2,1-3H3,(H2,19,20,21);1H. The van der Waals surface area contributed by atoms with E-state index in [9.17, 15) is 0 Å². The molecule has 2 rings (SSSR count). The second kappa shape index (κ2) is 10.9. The molecule has 1 aromatic carbocycles. The van der Waals surface area contributed by atoms with Crippen LogP contribution in [0.25, 0.3) is 0 Å². The first-order chi connectivity index (χ1) is 10.7. The third-order valence-corrected chi connectivity index (χ3v) is 4.46. The SMILES string of the molecule is CCN1CCCC1CNC(=NC)NCCc1ccc(C)cc1.I. The normalized spacial score (nSPS) is 18.6. The van der Waals surface area contributed by atoms with Crippen molar-refractivity contribution in [3.05, 3.63) is 35.4 Å². The fraction of sp³-hybridized carbons (Fsp3) is 0.611. The summed E-state index contributed by atoms with van der Waals surface area (Å²) in [5.74, 6) is 0.912. The van der Waals surface area contributed by atoms with Crippen LogP contribution in [0.5, 0.6) is 0 Å². The largest absolute Gasteiger partial charge is 0.356 e. The topological polar surface area (TPSA) is 39.7 Å². The van der Waals surface area contributed by atoms with Gasteiger partial charge < -0.3 is 10.6 Å². The van der Waals surface area contributed by atoms with Crippen LogP contribution >= 0.6 is 24.0 Å². The molecule has 1 aromatic rings. The van der Waals surface area contributed by atoms with Gasteiger partial charge in [0.05, 0.1) is 0 Å². The van der Waals surface area contributed by atoms with Crippen molar-refractivity contribution in [3.63, 3.8) is 0 Å². The van der Waals surface area contributed by atoms with Crippen molar-refractivity contribution in [2.24, 2.45) is 4.99 Å². The van der Waals surface area contributed by atoms with Crippen LogP contribution in [0.1, 0.15) is 30.9 Å². The minimum Gasteiger partial charge on any atom is -0.356 e. The van der Waals surface area contributed by atoms with Gasteiger partial charge in [-0.15, -0.1) is 24.0 Å². The van der Waals surface area contributed by atoms with Gasteiger partial charge in [-0.1, -0.05) is 36.8 Å². The van der Waals surface area contributed by atoms with Crippen LogP contribution in [0, 0.1) is 6.92 Å². The second-order valence-corrected chi connectivity index (χ2v) is 6.04. The van der Waals surface area contributed by atoms with E-state index in [4.69, 9.17) is 0 Å². The summed E-state index contributed by atoms with van der Waals surface area (Å²) in [4.78, 5) is 6.87. The lowest BCUT2D eigenvalue weighted by molar-refractivity contribution is 0.267. The van der Waals surface area contributed by atoms with Crippen molar-refractivity contribution >= 4 is 29.9 Å². The van der Waals surface area contributed by atoms with Crippen molar-refractivity contribution in [2.75, 3.05) is 33.2 Å². The van der Waals surface area contributed by atoms with E-state index in [0.717, 1.165) is 32.0 Å². The van der Waals surface area contributed by atoms with Gasteiger partial charge in [0.25, 0.3) is 0 Å². The van der Waals surface area contributed by atoms with Gasteiger partial charge in [0.1, 0.15) is 0 Å². The van der Waals surface area contributed by atoms with Crippen molar-refractivity contribution in [2.45, 2.75) is 39.2 Å². The lowest BCUT2D eigenvalue weighted by Crippen LogP contribution is -2.45. The molecule has 1 heterocycles. The number of hydrogen-bond acceptors (Lipinski definition) is 2. The van der Waals surface area contributed by atoms with Gasteiger partial charge in [-0.3, -0.25) is 9.89 Å². The van der Waals surface area contributed by atoms with E-state index < -0.39 is 0 Å². The van der Waals surface area contributed by atoms with Gasteiger partial charge in [0.15, 0.2) is 5.96 Å². The number of likely N-dealkylation sites (tertiary alicyclic amines) is 1. The Balaban J connectivity index is 0.00000264. The molecule has 23 heavy (non-hydrogen) atoms. The van der Waals surface area contributed by atoms with Crippen LogP contribution in [0.3, 0.4) is 0 Å². The fourth-order valence-electron chi connectivity index (χ4n) is 3.06. The number of aliphatic imine (C=N–C) groups is 1. The van der Waals surface area contributed by atoms with Crippen LogP contribution in [-0.2, 0) is 6.42 Å². The highest BCUT2D eigenvalue weighted by Crippen LogP contribution is 2.15. The van der Waals surface area contributed by atoms with Gasteiger partial charge in [-0.2, -0.15) is 0 Å². The summed E-state index contributed by atoms with van der Waals surface area (Å²) in [5, 5.41) is 6.88. The number of rotatable bonds is 6. The Morgan fingerprint density at radius 3 is 2.65 bits per heavy atom. The molecular weight excluding hydrogens is 399 g/mol. The monoisotopic (exact) mass is 430 g/mol. The summed E-state index contributed by atoms with van der Waals surface area (Å²) in [6.07, 6.45) is 3.63.